The molecular formula is C14H19ClN4O2. The lowest BCUT2D eigenvalue weighted by Gasteiger charge is -2.20. The summed E-state index contributed by atoms with van der Waals surface area (Å²) in [4.78, 5) is 29.7. The normalized spacial score (nSPS) is 15.3. The molecule has 1 aliphatic heterocycles. The number of halogens is 1. The summed E-state index contributed by atoms with van der Waals surface area (Å²) in [6.07, 6.45) is 2.76. The number of aromatic nitrogens is 1. The highest BCUT2D eigenvalue weighted by molar-refractivity contribution is 6.33. The predicted molar refractivity (Wildman–Crippen MR) is 81.6 cm³/mol. The molecule has 1 aromatic rings. The van der Waals surface area contributed by atoms with Crippen LogP contribution in [0.4, 0.5) is 5.82 Å². The minimum Gasteiger partial charge on any atom is -0.370 e. The molecular weight excluding hydrogens is 292 g/mol. The van der Waals surface area contributed by atoms with Crippen LogP contribution in [0, 0.1) is 0 Å². The van der Waals surface area contributed by atoms with Gasteiger partial charge < -0.3 is 15.5 Å². The molecule has 6 nitrogen and oxygen atoms in total. The minimum absolute atomic E-state index is 0.0311. The quantitative estimate of drug-likeness (QED) is 0.884. The number of carbonyl (C=O) groups is 2. The standard InChI is InChI=1S/C14H19ClN4O2/c1-2-4-16-12-8-10(11(15)9-18-12)14(21)19-6-3-13(20)17-5-7-19/h8-9H,2-7H2,1H3,(H,16,18)(H,17,20). The number of carbonyl (C=O) groups excluding carboxylic acids is 2. The molecule has 114 valence electrons. The first-order valence-electron chi connectivity index (χ1n) is 7.07. The Hall–Kier alpha value is -1.82. The Morgan fingerprint density at radius 2 is 2.33 bits per heavy atom. The second-order valence-electron chi connectivity index (χ2n) is 4.87. The van der Waals surface area contributed by atoms with Gasteiger partial charge in [0, 0.05) is 38.8 Å². The summed E-state index contributed by atoms with van der Waals surface area (Å²) in [5.41, 5.74) is 0.416. The van der Waals surface area contributed by atoms with Gasteiger partial charge in [-0.15, -0.1) is 0 Å². The number of nitrogens with zero attached hydrogens (tertiary/aromatic N) is 2. The Bertz CT molecular complexity index is 536. The molecule has 2 heterocycles. The Morgan fingerprint density at radius 1 is 1.52 bits per heavy atom. The smallest absolute Gasteiger partial charge is 0.255 e. The topological polar surface area (TPSA) is 74.3 Å². The SMILES string of the molecule is CCCNc1cc(C(=O)N2CCNC(=O)CC2)c(Cl)cn1. The lowest BCUT2D eigenvalue weighted by Crippen LogP contribution is -2.34. The predicted octanol–water partition coefficient (Wildman–Crippen LogP) is 1.52. The molecule has 2 N–H and O–H groups in total. The van der Waals surface area contributed by atoms with Crippen molar-refractivity contribution in [2.24, 2.45) is 0 Å². The molecule has 1 saturated heterocycles. The highest BCUT2D eigenvalue weighted by Gasteiger charge is 2.22. The van der Waals surface area contributed by atoms with Gasteiger partial charge in [0.1, 0.15) is 5.82 Å². The monoisotopic (exact) mass is 310 g/mol. The van der Waals surface area contributed by atoms with Gasteiger partial charge in [-0.25, -0.2) is 4.98 Å². The third-order valence-corrected chi connectivity index (χ3v) is 3.54. The van der Waals surface area contributed by atoms with Crippen LogP contribution in [0.25, 0.3) is 0 Å². The van der Waals surface area contributed by atoms with E-state index < -0.39 is 0 Å². The van der Waals surface area contributed by atoms with Crippen LogP contribution in [0.2, 0.25) is 5.02 Å². The molecule has 0 aliphatic carbocycles. The number of nitrogens with one attached hydrogen (secondary N) is 2. The van der Waals surface area contributed by atoms with E-state index in [0.29, 0.717) is 42.5 Å². The van der Waals surface area contributed by atoms with Crippen LogP contribution in [-0.2, 0) is 4.79 Å². The molecule has 0 unspecified atom stereocenters. The maximum atomic E-state index is 12.6. The summed E-state index contributed by atoms with van der Waals surface area (Å²) in [5.74, 6) is 0.434. The molecule has 0 radical (unpaired) electrons. The molecule has 0 spiro atoms. The summed E-state index contributed by atoms with van der Waals surface area (Å²) in [6.45, 7) is 4.19. The Balaban J connectivity index is 2.15. The van der Waals surface area contributed by atoms with E-state index >= 15 is 0 Å². The van der Waals surface area contributed by atoms with Gasteiger partial charge >= 0.3 is 0 Å². The molecule has 0 saturated carbocycles. The molecule has 0 aromatic carbocycles. The second-order valence-corrected chi connectivity index (χ2v) is 5.28. The molecule has 21 heavy (non-hydrogen) atoms. The van der Waals surface area contributed by atoms with Gasteiger partial charge in [0.25, 0.3) is 5.91 Å². The molecule has 0 bridgehead atoms. The van der Waals surface area contributed by atoms with Crippen molar-refractivity contribution in [1.82, 2.24) is 15.2 Å². The van der Waals surface area contributed by atoms with Crippen LogP contribution in [0.5, 0.6) is 0 Å². The third-order valence-electron chi connectivity index (χ3n) is 3.24. The maximum Gasteiger partial charge on any atom is 0.255 e. The zero-order valence-corrected chi connectivity index (χ0v) is 12.7. The molecule has 1 aliphatic rings. The van der Waals surface area contributed by atoms with Gasteiger partial charge in [-0.05, 0) is 12.5 Å². The van der Waals surface area contributed by atoms with Gasteiger partial charge in [-0.2, -0.15) is 0 Å². The van der Waals surface area contributed by atoms with Crippen LogP contribution < -0.4 is 10.6 Å². The molecule has 2 amide bonds. The van der Waals surface area contributed by atoms with Gasteiger partial charge in [0.05, 0.1) is 10.6 Å². The van der Waals surface area contributed by atoms with Gasteiger partial charge in [0.2, 0.25) is 5.91 Å². The summed E-state index contributed by atoms with van der Waals surface area (Å²) in [6, 6.07) is 1.67. The van der Waals surface area contributed by atoms with E-state index in [1.54, 1.807) is 11.0 Å². The Labute approximate surface area is 128 Å². The summed E-state index contributed by atoms with van der Waals surface area (Å²) in [5, 5.41) is 6.20. The fraction of sp³-hybridized carbons (Fsp3) is 0.500. The van der Waals surface area contributed by atoms with E-state index in [1.807, 2.05) is 0 Å². The number of hydrogen-bond acceptors (Lipinski definition) is 4. The molecule has 1 fully saturated rings. The van der Waals surface area contributed by atoms with E-state index in [0.717, 1.165) is 13.0 Å². The summed E-state index contributed by atoms with van der Waals surface area (Å²) >= 11 is 6.09. The fourth-order valence-electron chi connectivity index (χ4n) is 2.09. The largest absolute Gasteiger partial charge is 0.370 e. The lowest BCUT2D eigenvalue weighted by atomic mass is 10.2. The zero-order valence-electron chi connectivity index (χ0n) is 12.0. The molecule has 7 heteroatoms. The lowest BCUT2D eigenvalue weighted by molar-refractivity contribution is -0.120. The summed E-state index contributed by atoms with van der Waals surface area (Å²) in [7, 11) is 0. The summed E-state index contributed by atoms with van der Waals surface area (Å²) < 4.78 is 0. The fourth-order valence-corrected chi connectivity index (χ4v) is 2.28. The van der Waals surface area contributed by atoms with Crippen LogP contribution in [0.1, 0.15) is 30.1 Å². The average Bonchev–Trinajstić information content (AvgIpc) is 2.70. The van der Waals surface area contributed by atoms with Crippen LogP contribution in [-0.4, -0.2) is 47.9 Å². The molecule has 1 aromatic heterocycles. The van der Waals surface area contributed by atoms with Crippen molar-refractivity contribution in [3.8, 4) is 0 Å². The van der Waals surface area contributed by atoms with Gasteiger partial charge in [-0.1, -0.05) is 18.5 Å². The number of hydrogen-bond donors (Lipinski definition) is 2. The zero-order chi connectivity index (χ0) is 15.2. The number of rotatable bonds is 4. The van der Waals surface area contributed by atoms with E-state index in [-0.39, 0.29) is 11.8 Å². The highest BCUT2D eigenvalue weighted by Crippen LogP contribution is 2.20. The minimum atomic E-state index is -0.168. The molecule has 0 atom stereocenters. The first kappa shape index (κ1) is 15.6. The van der Waals surface area contributed by atoms with Crippen molar-refractivity contribution in [2.45, 2.75) is 19.8 Å². The van der Waals surface area contributed by atoms with Gasteiger partial charge in [-0.3, -0.25) is 9.59 Å². The first-order valence-corrected chi connectivity index (χ1v) is 7.45. The number of pyridine rings is 1. The van der Waals surface area contributed by atoms with Gasteiger partial charge in [0.15, 0.2) is 0 Å². The van der Waals surface area contributed by atoms with Crippen molar-refractivity contribution in [1.29, 1.82) is 0 Å². The second kappa shape index (κ2) is 7.26. The van der Waals surface area contributed by atoms with Crippen LogP contribution in [0.3, 0.4) is 0 Å². The van der Waals surface area contributed by atoms with E-state index in [1.165, 1.54) is 6.20 Å². The van der Waals surface area contributed by atoms with E-state index in [2.05, 4.69) is 22.5 Å². The Morgan fingerprint density at radius 3 is 3.10 bits per heavy atom. The first-order chi connectivity index (χ1) is 10.1. The maximum absolute atomic E-state index is 12.6. The molecule has 2 rings (SSSR count). The average molecular weight is 311 g/mol. The van der Waals surface area contributed by atoms with Crippen LogP contribution >= 0.6 is 11.6 Å². The van der Waals surface area contributed by atoms with Crippen LogP contribution in [0.15, 0.2) is 12.3 Å². The van der Waals surface area contributed by atoms with Crippen molar-refractivity contribution in [3.05, 3.63) is 22.8 Å². The van der Waals surface area contributed by atoms with Crippen molar-refractivity contribution >= 4 is 29.2 Å². The van der Waals surface area contributed by atoms with Crippen molar-refractivity contribution in [2.75, 3.05) is 31.5 Å². The van der Waals surface area contributed by atoms with Crippen molar-refractivity contribution in [3.63, 3.8) is 0 Å². The van der Waals surface area contributed by atoms with Crippen molar-refractivity contribution < 1.29 is 9.59 Å². The number of amides is 2. The highest BCUT2D eigenvalue weighted by atomic mass is 35.5. The van der Waals surface area contributed by atoms with E-state index in [4.69, 9.17) is 11.6 Å². The van der Waals surface area contributed by atoms with E-state index in [9.17, 15) is 9.59 Å². The number of anilines is 1. The third kappa shape index (κ3) is 4.07. The Kier molecular flexibility index (Phi) is 5.38.